The number of benzene rings is 1. The van der Waals surface area contributed by atoms with Gasteiger partial charge in [0.15, 0.2) is 0 Å². The summed E-state index contributed by atoms with van der Waals surface area (Å²) in [4.78, 5) is -0.0185. The van der Waals surface area contributed by atoms with Gasteiger partial charge in [0.25, 0.3) is 10.0 Å². The van der Waals surface area contributed by atoms with Gasteiger partial charge in [0.2, 0.25) is 0 Å². The molecule has 6 nitrogen and oxygen atoms in total. The Labute approximate surface area is 119 Å². The average Bonchev–Trinajstić information content (AvgIpc) is 2.70. The van der Waals surface area contributed by atoms with E-state index in [2.05, 4.69) is 30.8 Å². The molecule has 2 aromatic rings. The molecule has 0 aliphatic carbocycles. The third-order valence-electron chi connectivity index (χ3n) is 2.46. The van der Waals surface area contributed by atoms with E-state index in [0.29, 0.717) is 11.4 Å². The molecule has 0 radical (unpaired) electrons. The summed E-state index contributed by atoms with van der Waals surface area (Å²) < 4.78 is 27.8. The molecular weight excluding hydrogens is 334 g/mol. The molecule has 0 spiro atoms. The number of halogens is 1. The van der Waals surface area contributed by atoms with Gasteiger partial charge in [0, 0.05) is 10.2 Å². The Balaban J connectivity index is 2.40. The van der Waals surface area contributed by atoms with E-state index in [0.717, 1.165) is 4.47 Å². The molecule has 1 aromatic carbocycles. The molecule has 1 aromatic heterocycles. The maximum absolute atomic E-state index is 12.3. The highest BCUT2D eigenvalue weighted by Gasteiger charge is 2.24. The molecule has 0 bridgehead atoms. The van der Waals surface area contributed by atoms with Gasteiger partial charge >= 0.3 is 0 Å². The van der Waals surface area contributed by atoms with Gasteiger partial charge in [-0.1, -0.05) is 22.0 Å². The molecule has 1 heterocycles. The highest BCUT2D eigenvalue weighted by molar-refractivity contribution is 9.10. The number of aromatic amines is 1. The van der Waals surface area contributed by atoms with Crippen molar-refractivity contribution in [2.45, 2.75) is 18.4 Å². The average molecular weight is 346 g/mol. The number of aromatic nitrogens is 2. The monoisotopic (exact) mass is 345 g/mol. The third-order valence-corrected chi connectivity index (χ3v) is 4.53. The molecule has 102 valence electrons. The van der Waals surface area contributed by atoms with Crippen LogP contribution in [0, 0.1) is 6.92 Å². The predicted molar refractivity (Wildman–Crippen MR) is 74.2 cm³/mol. The Morgan fingerprint density at radius 1 is 1.47 bits per heavy atom. The van der Waals surface area contributed by atoms with Crippen LogP contribution in [0.5, 0.6) is 0 Å². The quantitative estimate of drug-likeness (QED) is 0.786. The van der Waals surface area contributed by atoms with Crippen LogP contribution in [0.2, 0.25) is 0 Å². The molecular formula is C11H12BrN3O3S. The molecule has 0 atom stereocenters. The molecule has 2 rings (SSSR count). The molecule has 0 aliphatic heterocycles. The Hall–Kier alpha value is -1.38. The second-order valence-electron chi connectivity index (χ2n) is 3.90. The third kappa shape index (κ3) is 2.96. The molecule has 0 saturated carbocycles. The normalized spacial score (nSPS) is 11.5. The van der Waals surface area contributed by atoms with Gasteiger partial charge in [-0.2, -0.15) is 5.10 Å². The van der Waals surface area contributed by atoms with Crippen LogP contribution in [-0.2, 0) is 16.6 Å². The number of nitrogens with zero attached hydrogens (tertiary/aromatic N) is 1. The van der Waals surface area contributed by atoms with Crippen molar-refractivity contribution in [3.05, 3.63) is 40.1 Å². The number of H-pyrrole nitrogens is 1. The van der Waals surface area contributed by atoms with E-state index < -0.39 is 16.6 Å². The number of aryl methyl sites for hydroxylation is 1. The molecule has 0 fully saturated rings. The zero-order valence-electron chi connectivity index (χ0n) is 10.0. The number of nitrogens with one attached hydrogen (secondary N) is 2. The molecule has 8 heteroatoms. The minimum Gasteiger partial charge on any atom is -0.390 e. The second kappa shape index (κ2) is 5.32. The lowest BCUT2D eigenvalue weighted by Crippen LogP contribution is -2.15. The fraction of sp³-hybridized carbons (Fsp3) is 0.182. The van der Waals surface area contributed by atoms with Gasteiger partial charge in [-0.05, 0) is 25.1 Å². The van der Waals surface area contributed by atoms with E-state index in [4.69, 9.17) is 5.11 Å². The van der Waals surface area contributed by atoms with Crippen LogP contribution < -0.4 is 4.72 Å². The maximum Gasteiger partial charge on any atom is 0.265 e. The minimum absolute atomic E-state index is 0.0185. The first-order valence-corrected chi connectivity index (χ1v) is 7.65. The molecule has 19 heavy (non-hydrogen) atoms. The number of hydrogen-bond acceptors (Lipinski definition) is 4. The molecule has 0 unspecified atom stereocenters. The van der Waals surface area contributed by atoms with E-state index >= 15 is 0 Å². The van der Waals surface area contributed by atoms with Crippen molar-refractivity contribution < 1.29 is 13.5 Å². The topological polar surface area (TPSA) is 95.1 Å². The van der Waals surface area contributed by atoms with Gasteiger partial charge < -0.3 is 5.11 Å². The first-order chi connectivity index (χ1) is 8.94. The fourth-order valence-corrected chi connectivity index (χ4v) is 3.50. The van der Waals surface area contributed by atoms with Crippen molar-refractivity contribution in [3.63, 3.8) is 0 Å². The van der Waals surface area contributed by atoms with Crippen LogP contribution in [0.15, 0.2) is 33.6 Å². The summed E-state index contributed by atoms with van der Waals surface area (Å²) in [6.45, 7) is 1.14. The number of rotatable bonds is 4. The zero-order chi connectivity index (χ0) is 14.0. The minimum atomic E-state index is -3.78. The highest BCUT2D eigenvalue weighted by atomic mass is 79.9. The van der Waals surface area contributed by atoms with Gasteiger partial charge in [0.05, 0.1) is 12.3 Å². The first-order valence-electron chi connectivity index (χ1n) is 5.37. The number of aliphatic hydroxyl groups is 1. The molecule has 0 amide bonds. The van der Waals surface area contributed by atoms with E-state index in [1.807, 2.05) is 0 Å². The standard InChI is InChI=1S/C11H12BrN3O3S/c1-7-11(10(6-16)14-13-7)19(17,18)15-9-4-2-3-8(12)5-9/h2-5,15-16H,6H2,1H3,(H,13,14). The number of aliphatic hydroxyl groups excluding tert-OH is 1. The number of hydrogen-bond donors (Lipinski definition) is 3. The summed E-state index contributed by atoms with van der Waals surface area (Å²) in [6, 6.07) is 6.79. The molecule has 3 N–H and O–H groups in total. The lowest BCUT2D eigenvalue weighted by molar-refractivity contribution is 0.273. The van der Waals surface area contributed by atoms with Crippen molar-refractivity contribution in [2.24, 2.45) is 0 Å². The summed E-state index contributed by atoms with van der Waals surface area (Å²) >= 11 is 3.27. The SMILES string of the molecule is Cc1[nH]nc(CO)c1S(=O)(=O)Nc1cccc(Br)c1. The van der Waals surface area contributed by atoms with Crippen LogP contribution in [0.1, 0.15) is 11.4 Å². The Kier molecular flexibility index (Phi) is 3.93. The van der Waals surface area contributed by atoms with Crippen molar-refractivity contribution in [2.75, 3.05) is 4.72 Å². The van der Waals surface area contributed by atoms with Gasteiger partial charge in [-0.25, -0.2) is 8.42 Å². The number of sulfonamides is 1. The van der Waals surface area contributed by atoms with Gasteiger partial charge in [0.1, 0.15) is 10.6 Å². The van der Waals surface area contributed by atoms with Crippen LogP contribution in [0.4, 0.5) is 5.69 Å². The Morgan fingerprint density at radius 2 is 2.21 bits per heavy atom. The van der Waals surface area contributed by atoms with E-state index in [1.165, 1.54) is 0 Å². The van der Waals surface area contributed by atoms with Crippen LogP contribution in [0.3, 0.4) is 0 Å². The van der Waals surface area contributed by atoms with Crippen molar-refractivity contribution in [1.82, 2.24) is 10.2 Å². The predicted octanol–water partition coefficient (Wildman–Crippen LogP) is 1.77. The Morgan fingerprint density at radius 3 is 2.84 bits per heavy atom. The van der Waals surface area contributed by atoms with E-state index in [-0.39, 0.29) is 10.6 Å². The largest absolute Gasteiger partial charge is 0.390 e. The molecule has 0 aliphatic rings. The smallest absolute Gasteiger partial charge is 0.265 e. The summed E-state index contributed by atoms with van der Waals surface area (Å²) in [7, 11) is -3.78. The van der Waals surface area contributed by atoms with Crippen LogP contribution in [0.25, 0.3) is 0 Å². The second-order valence-corrected chi connectivity index (χ2v) is 6.43. The highest BCUT2D eigenvalue weighted by Crippen LogP contribution is 2.23. The Bertz CT molecular complexity index is 697. The lowest BCUT2D eigenvalue weighted by atomic mass is 10.3. The van der Waals surface area contributed by atoms with Crippen LogP contribution >= 0.6 is 15.9 Å². The van der Waals surface area contributed by atoms with Crippen LogP contribution in [-0.4, -0.2) is 23.7 Å². The summed E-state index contributed by atoms with van der Waals surface area (Å²) in [5.41, 5.74) is 0.908. The van der Waals surface area contributed by atoms with Crippen molar-refractivity contribution in [3.8, 4) is 0 Å². The van der Waals surface area contributed by atoms with E-state index in [9.17, 15) is 8.42 Å². The number of anilines is 1. The maximum atomic E-state index is 12.3. The van der Waals surface area contributed by atoms with Crippen molar-refractivity contribution in [1.29, 1.82) is 0 Å². The summed E-state index contributed by atoms with van der Waals surface area (Å²) in [5, 5.41) is 15.4. The summed E-state index contributed by atoms with van der Waals surface area (Å²) in [5.74, 6) is 0. The zero-order valence-corrected chi connectivity index (χ0v) is 12.4. The summed E-state index contributed by atoms with van der Waals surface area (Å²) in [6.07, 6.45) is 0. The van der Waals surface area contributed by atoms with E-state index in [1.54, 1.807) is 31.2 Å². The first kappa shape index (κ1) is 14.0. The van der Waals surface area contributed by atoms with Gasteiger partial charge in [-0.15, -0.1) is 0 Å². The lowest BCUT2D eigenvalue weighted by Gasteiger charge is -2.08. The van der Waals surface area contributed by atoms with Crippen molar-refractivity contribution >= 4 is 31.6 Å². The molecule has 0 saturated heterocycles. The van der Waals surface area contributed by atoms with Gasteiger partial charge in [-0.3, -0.25) is 9.82 Å². The fourth-order valence-electron chi connectivity index (χ4n) is 1.69.